The van der Waals surface area contributed by atoms with Gasteiger partial charge < -0.3 is 10.0 Å². The number of aliphatic hydroxyl groups excluding tert-OH is 1. The fourth-order valence-electron chi connectivity index (χ4n) is 1.33. The summed E-state index contributed by atoms with van der Waals surface area (Å²) in [6.45, 7) is 10.9. The Morgan fingerprint density at radius 1 is 1.40 bits per heavy atom. The number of hydrogen-bond acceptors (Lipinski definition) is 2. The molecular weight excluding hydrogens is 186 g/mol. The Hall–Kier alpha value is -0.860. The third kappa shape index (κ3) is 7.11. The van der Waals surface area contributed by atoms with Crippen LogP contribution >= 0.6 is 0 Å². The van der Waals surface area contributed by atoms with Crippen molar-refractivity contribution in [3.63, 3.8) is 0 Å². The molecule has 0 radical (unpaired) electrons. The molecule has 0 unspecified atom stereocenters. The highest BCUT2D eigenvalue weighted by molar-refractivity contribution is 5.21. The maximum Gasteiger partial charge on any atom is 0.0558 e. The van der Waals surface area contributed by atoms with E-state index >= 15 is 0 Å². The molecule has 2 heteroatoms. The van der Waals surface area contributed by atoms with Gasteiger partial charge in [-0.2, -0.15) is 0 Å². The number of likely N-dealkylation sites (N-methyl/N-ethyl adjacent to an activating group) is 1. The number of hydrogen-bond donors (Lipinski definition) is 1. The van der Waals surface area contributed by atoms with E-state index in [0.29, 0.717) is 0 Å². The Kier molecular flexibility index (Phi) is 9.13. The lowest BCUT2D eigenvalue weighted by Gasteiger charge is -2.18. The Morgan fingerprint density at radius 2 is 2.13 bits per heavy atom. The standard InChI is InChI=1S/C13H23NO/c1-4-7-8-13(5-2)9-10-14(6-3)11-12-15/h4-5,7-8,15H,2,6,9-12H2,1,3H3/b7-4-,13-8+. The molecule has 0 aliphatic carbocycles. The number of rotatable bonds is 8. The van der Waals surface area contributed by atoms with Crippen molar-refractivity contribution in [2.75, 3.05) is 26.2 Å². The van der Waals surface area contributed by atoms with Crippen LogP contribution in [-0.2, 0) is 0 Å². The molecule has 0 aromatic rings. The minimum absolute atomic E-state index is 0.232. The normalized spacial score (nSPS) is 12.7. The zero-order valence-corrected chi connectivity index (χ0v) is 9.95. The third-order valence-electron chi connectivity index (χ3n) is 2.35. The van der Waals surface area contributed by atoms with Crippen molar-refractivity contribution in [2.24, 2.45) is 0 Å². The molecule has 1 N–H and O–H groups in total. The van der Waals surface area contributed by atoms with E-state index in [4.69, 9.17) is 5.11 Å². The van der Waals surface area contributed by atoms with Crippen LogP contribution in [0.25, 0.3) is 0 Å². The van der Waals surface area contributed by atoms with Gasteiger partial charge in [0.05, 0.1) is 6.61 Å². The van der Waals surface area contributed by atoms with Gasteiger partial charge in [0.1, 0.15) is 0 Å². The zero-order chi connectivity index (χ0) is 11.5. The number of allylic oxidation sites excluding steroid dienone is 4. The quantitative estimate of drug-likeness (QED) is 0.620. The third-order valence-corrected chi connectivity index (χ3v) is 2.35. The minimum Gasteiger partial charge on any atom is -0.395 e. The topological polar surface area (TPSA) is 23.5 Å². The molecule has 86 valence electrons. The fourth-order valence-corrected chi connectivity index (χ4v) is 1.33. The molecule has 0 rings (SSSR count). The largest absolute Gasteiger partial charge is 0.395 e. The highest BCUT2D eigenvalue weighted by atomic mass is 16.3. The molecular formula is C13H23NO. The average Bonchev–Trinajstić information content (AvgIpc) is 2.27. The molecule has 0 saturated carbocycles. The molecule has 0 saturated heterocycles. The van der Waals surface area contributed by atoms with E-state index < -0.39 is 0 Å². The van der Waals surface area contributed by atoms with E-state index in [1.165, 1.54) is 5.57 Å². The van der Waals surface area contributed by atoms with Crippen LogP contribution in [0.2, 0.25) is 0 Å². The van der Waals surface area contributed by atoms with Crippen LogP contribution in [-0.4, -0.2) is 36.2 Å². The molecule has 0 fully saturated rings. The first kappa shape index (κ1) is 14.1. The van der Waals surface area contributed by atoms with Crippen molar-refractivity contribution >= 4 is 0 Å². The Labute approximate surface area is 93.6 Å². The molecule has 0 heterocycles. The monoisotopic (exact) mass is 209 g/mol. The summed E-state index contributed by atoms with van der Waals surface area (Å²) in [6.07, 6.45) is 9.00. The van der Waals surface area contributed by atoms with E-state index in [9.17, 15) is 0 Å². The van der Waals surface area contributed by atoms with Crippen molar-refractivity contribution in [2.45, 2.75) is 20.3 Å². The number of aliphatic hydroxyl groups is 1. The molecule has 0 atom stereocenters. The summed E-state index contributed by atoms with van der Waals surface area (Å²) >= 11 is 0. The molecule has 0 aliphatic heterocycles. The molecule has 2 nitrogen and oxygen atoms in total. The van der Waals surface area contributed by atoms with Crippen molar-refractivity contribution in [1.29, 1.82) is 0 Å². The van der Waals surface area contributed by atoms with E-state index in [0.717, 1.165) is 26.1 Å². The first-order chi connectivity index (χ1) is 7.28. The SMILES string of the molecule is C=C/C(=C\C=C/C)CCN(CC)CCO. The smallest absolute Gasteiger partial charge is 0.0558 e. The zero-order valence-electron chi connectivity index (χ0n) is 9.95. The highest BCUT2D eigenvalue weighted by Crippen LogP contribution is 2.04. The van der Waals surface area contributed by atoms with Gasteiger partial charge in [0.15, 0.2) is 0 Å². The van der Waals surface area contributed by atoms with Gasteiger partial charge in [-0.1, -0.05) is 37.8 Å². The molecule has 0 aromatic carbocycles. The average molecular weight is 209 g/mol. The molecule has 15 heavy (non-hydrogen) atoms. The Balaban J connectivity index is 4.02. The van der Waals surface area contributed by atoms with Crippen LogP contribution in [0.15, 0.2) is 36.5 Å². The molecule has 0 amide bonds. The maximum absolute atomic E-state index is 8.84. The molecule has 0 spiro atoms. The van der Waals surface area contributed by atoms with Gasteiger partial charge in [-0.05, 0) is 25.5 Å². The van der Waals surface area contributed by atoms with Gasteiger partial charge in [-0.3, -0.25) is 0 Å². The van der Waals surface area contributed by atoms with Crippen molar-refractivity contribution in [3.05, 3.63) is 36.5 Å². The van der Waals surface area contributed by atoms with E-state index in [1.54, 1.807) is 0 Å². The Bertz CT molecular complexity index is 219. The first-order valence-corrected chi connectivity index (χ1v) is 5.56. The van der Waals surface area contributed by atoms with Crippen molar-refractivity contribution in [1.82, 2.24) is 4.90 Å². The van der Waals surface area contributed by atoms with Gasteiger partial charge in [0.2, 0.25) is 0 Å². The summed E-state index contributed by atoms with van der Waals surface area (Å²) in [6, 6.07) is 0. The second-order valence-corrected chi connectivity index (χ2v) is 3.38. The van der Waals surface area contributed by atoms with Gasteiger partial charge in [0, 0.05) is 13.1 Å². The van der Waals surface area contributed by atoms with E-state index in [-0.39, 0.29) is 6.61 Å². The van der Waals surface area contributed by atoms with Crippen LogP contribution in [0, 0.1) is 0 Å². The second-order valence-electron chi connectivity index (χ2n) is 3.38. The minimum atomic E-state index is 0.232. The van der Waals surface area contributed by atoms with Crippen molar-refractivity contribution in [3.8, 4) is 0 Å². The number of nitrogens with zero attached hydrogens (tertiary/aromatic N) is 1. The summed E-state index contributed by atoms with van der Waals surface area (Å²) < 4.78 is 0. The summed E-state index contributed by atoms with van der Waals surface area (Å²) in [7, 11) is 0. The summed E-state index contributed by atoms with van der Waals surface area (Å²) in [5, 5.41) is 8.84. The predicted molar refractivity (Wildman–Crippen MR) is 66.9 cm³/mol. The summed E-state index contributed by atoms with van der Waals surface area (Å²) in [5.41, 5.74) is 1.24. The van der Waals surface area contributed by atoms with Crippen molar-refractivity contribution < 1.29 is 5.11 Å². The maximum atomic E-state index is 8.84. The summed E-state index contributed by atoms with van der Waals surface area (Å²) in [5.74, 6) is 0. The molecule has 0 aromatic heterocycles. The van der Waals surface area contributed by atoms with Crippen LogP contribution in [0.1, 0.15) is 20.3 Å². The van der Waals surface area contributed by atoms with Crippen LogP contribution in [0.4, 0.5) is 0 Å². The fraction of sp³-hybridized carbons (Fsp3) is 0.538. The lowest BCUT2D eigenvalue weighted by molar-refractivity contribution is 0.203. The predicted octanol–water partition coefficient (Wildman–Crippen LogP) is 2.38. The molecule has 0 aliphatic rings. The van der Waals surface area contributed by atoms with E-state index in [1.807, 2.05) is 25.2 Å². The van der Waals surface area contributed by atoms with Crippen LogP contribution < -0.4 is 0 Å². The van der Waals surface area contributed by atoms with E-state index in [2.05, 4.69) is 24.5 Å². The van der Waals surface area contributed by atoms with Crippen LogP contribution in [0.3, 0.4) is 0 Å². The summed E-state index contributed by atoms with van der Waals surface area (Å²) in [4.78, 5) is 2.23. The lowest BCUT2D eigenvalue weighted by atomic mass is 10.1. The Morgan fingerprint density at radius 3 is 2.60 bits per heavy atom. The first-order valence-electron chi connectivity index (χ1n) is 5.56. The van der Waals surface area contributed by atoms with Gasteiger partial charge in [0.25, 0.3) is 0 Å². The highest BCUT2D eigenvalue weighted by Gasteiger charge is 2.01. The van der Waals surface area contributed by atoms with Gasteiger partial charge in [-0.25, -0.2) is 0 Å². The van der Waals surface area contributed by atoms with Gasteiger partial charge >= 0.3 is 0 Å². The lowest BCUT2D eigenvalue weighted by Crippen LogP contribution is -2.27. The van der Waals surface area contributed by atoms with Gasteiger partial charge in [-0.15, -0.1) is 0 Å². The second kappa shape index (κ2) is 9.69. The van der Waals surface area contributed by atoms with Crippen LogP contribution in [0.5, 0.6) is 0 Å². The molecule has 0 bridgehead atoms.